The van der Waals surface area contributed by atoms with Crippen LogP contribution in [0.5, 0.6) is 0 Å². The standard InChI is InChI=1S/C16H28N4O/c1-4-17-15-11-14(5-6-18-15)12-19-7-9-20(10-8-19)13-16(2,3)21/h5-6,11,21H,4,7-10,12-13H2,1-3H3,(H,17,18). The van der Waals surface area contributed by atoms with Gasteiger partial charge in [0.2, 0.25) is 0 Å². The van der Waals surface area contributed by atoms with E-state index in [9.17, 15) is 5.11 Å². The molecule has 0 amide bonds. The summed E-state index contributed by atoms with van der Waals surface area (Å²) in [4.78, 5) is 9.11. The van der Waals surface area contributed by atoms with E-state index in [0.717, 1.165) is 51.6 Å². The monoisotopic (exact) mass is 292 g/mol. The number of anilines is 1. The molecule has 2 N–H and O–H groups in total. The molecule has 0 bridgehead atoms. The smallest absolute Gasteiger partial charge is 0.126 e. The number of aliphatic hydroxyl groups is 1. The Morgan fingerprint density at radius 1 is 1.24 bits per heavy atom. The third kappa shape index (κ3) is 5.61. The molecule has 1 fully saturated rings. The fourth-order valence-corrected chi connectivity index (χ4v) is 2.76. The lowest BCUT2D eigenvalue weighted by atomic mass is 10.1. The van der Waals surface area contributed by atoms with Gasteiger partial charge in [-0.05, 0) is 38.5 Å². The van der Waals surface area contributed by atoms with Gasteiger partial charge in [0.25, 0.3) is 0 Å². The molecule has 1 aliphatic rings. The molecule has 5 nitrogen and oxygen atoms in total. The molecule has 1 aromatic heterocycles. The molecule has 2 rings (SSSR count). The largest absolute Gasteiger partial charge is 0.389 e. The summed E-state index contributed by atoms with van der Waals surface area (Å²) in [6.07, 6.45) is 1.87. The zero-order valence-corrected chi connectivity index (χ0v) is 13.5. The Bertz CT molecular complexity index is 436. The van der Waals surface area contributed by atoms with Crippen LogP contribution in [0.2, 0.25) is 0 Å². The number of piperazine rings is 1. The third-order valence-corrected chi connectivity index (χ3v) is 3.66. The normalized spacial score (nSPS) is 17.9. The summed E-state index contributed by atoms with van der Waals surface area (Å²) in [5.41, 5.74) is 0.699. The molecule has 0 aliphatic carbocycles. The molecule has 118 valence electrons. The summed E-state index contributed by atoms with van der Waals surface area (Å²) in [7, 11) is 0. The predicted octanol–water partition coefficient (Wildman–Crippen LogP) is 1.40. The van der Waals surface area contributed by atoms with Crippen molar-refractivity contribution in [1.29, 1.82) is 0 Å². The molecule has 0 radical (unpaired) electrons. The van der Waals surface area contributed by atoms with E-state index in [4.69, 9.17) is 0 Å². The van der Waals surface area contributed by atoms with Crippen molar-refractivity contribution < 1.29 is 5.11 Å². The third-order valence-electron chi connectivity index (χ3n) is 3.66. The second kappa shape index (κ2) is 7.20. The maximum atomic E-state index is 9.88. The highest BCUT2D eigenvalue weighted by molar-refractivity contribution is 5.37. The number of nitrogens with one attached hydrogen (secondary N) is 1. The van der Waals surface area contributed by atoms with Gasteiger partial charge in [0.1, 0.15) is 5.82 Å². The van der Waals surface area contributed by atoms with E-state index in [-0.39, 0.29) is 0 Å². The van der Waals surface area contributed by atoms with E-state index in [2.05, 4.69) is 39.2 Å². The number of hydrogen-bond acceptors (Lipinski definition) is 5. The Morgan fingerprint density at radius 2 is 1.90 bits per heavy atom. The fourth-order valence-electron chi connectivity index (χ4n) is 2.76. The molecular formula is C16H28N4O. The van der Waals surface area contributed by atoms with E-state index in [1.807, 2.05) is 20.0 Å². The first kappa shape index (κ1) is 16.2. The zero-order chi connectivity index (χ0) is 15.3. The van der Waals surface area contributed by atoms with E-state index in [1.54, 1.807) is 0 Å². The second-order valence-electron chi connectivity index (χ2n) is 6.44. The average molecular weight is 292 g/mol. The fraction of sp³-hybridized carbons (Fsp3) is 0.688. The van der Waals surface area contributed by atoms with Crippen LogP contribution in [0, 0.1) is 0 Å². The van der Waals surface area contributed by atoms with Gasteiger partial charge >= 0.3 is 0 Å². The van der Waals surface area contributed by atoms with Crippen molar-refractivity contribution in [3.8, 4) is 0 Å². The van der Waals surface area contributed by atoms with Gasteiger partial charge in [-0.3, -0.25) is 9.80 Å². The first-order valence-corrected chi connectivity index (χ1v) is 7.82. The number of pyridine rings is 1. The van der Waals surface area contributed by atoms with Crippen molar-refractivity contribution in [2.75, 3.05) is 44.6 Å². The van der Waals surface area contributed by atoms with Gasteiger partial charge in [-0.2, -0.15) is 0 Å². The van der Waals surface area contributed by atoms with Gasteiger partial charge in [-0.25, -0.2) is 4.98 Å². The molecular weight excluding hydrogens is 264 g/mol. The van der Waals surface area contributed by atoms with Crippen molar-refractivity contribution in [3.63, 3.8) is 0 Å². The minimum Gasteiger partial charge on any atom is -0.389 e. The number of aromatic nitrogens is 1. The summed E-state index contributed by atoms with van der Waals surface area (Å²) in [6.45, 7) is 12.6. The Balaban J connectivity index is 1.82. The minimum absolute atomic E-state index is 0.603. The Kier molecular flexibility index (Phi) is 5.56. The van der Waals surface area contributed by atoms with Crippen LogP contribution in [0.25, 0.3) is 0 Å². The highest BCUT2D eigenvalue weighted by Crippen LogP contribution is 2.13. The second-order valence-corrected chi connectivity index (χ2v) is 6.44. The van der Waals surface area contributed by atoms with Gasteiger partial charge in [-0.15, -0.1) is 0 Å². The van der Waals surface area contributed by atoms with Crippen molar-refractivity contribution in [3.05, 3.63) is 23.9 Å². The van der Waals surface area contributed by atoms with Crippen LogP contribution in [0.3, 0.4) is 0 Å². The molecule has 0 spiro atoms. The van der Waals surface area contributed by atoms with E-state index in [0.29, 0.717) is 0 Å². The van der Waals surface area contributed by atoms with Crippen LogP contribution in [0.15, 0.2) is 18.3 Å². The number of nitrogens with zero attached hydrogens (tertiary/aromatic N) is 3. The maximum Gasteiger partial charge on any atom is 0.126 e. The van der Waals surface area contributed by atoms with Crippen molar-refractivity contribution in [2.45, 2.75) is 32.9 Å². The Hall–Kier alpha value is -1.17. The van der Waals surface area contributed by atoms with Crippen LogP contribution in [0.1, 0.15) is 26.3 Å². The quantitative estimate of drug-likeness (QED) is 0.830. The van der Waals surface area contributed by atoms with Crippen LogP contribution < -0.4 is 5.32 Å². The summed E-state index contributed by atoms with van der Waals surface area (Å²) in [6, 6.07) is 4.22. The molecule has 1 aromatic rings. The summed E-state index contributed by atoms with van der Waals surface area (Å²) in [5.74, 6) is 0.954. The van der Waals surface area contributed by atoms with Gasteiger partial charge in [-0.1, -0.05) is 0 Å². The molecule has 0 saturated carbocycles. The average Bonchev–Trinajstić information content (AvgIpc) is 2.40. The lowest BCUT2D eigenvalue weighted by Crippen LogP contribution is -2.50. The molecule has 21 heavy (non-hydrogen) atoms. The summed E-state index contributed by atoms with van der Waals surface area (Å²) < 4.78 is 0. The highest BCUT2D eigenvalue weighted by atomic mass is 16.3. The number of hydrogen-bond donors (Lipinski definition) is 2. The lowest BCUT2D eigenvalue weighted by Gasteiger charge is -2.37. The van der Waals surface area contributed by atoms with Crippen LogP contribution in [-0.4, -0.2) is 64.8 Å². The molecule has 1 saturated heterocycles. The molecule has 2 heterocycles. The first-order valence-electron chi connectivity index (χ1n) is 7.82. The molecule has 0 aromatic carbocycles. The summed E-state index contributed by atoms with van der Waals surface area (Å²) >= 11 is 0. The molecule has 0 atom stereocenters. The minimum atomic E-state index is -0.603. The highest BCUT2D eigenvalue weighted by Gasteiger charge is 2.22. The predicted molar refractivity (Wildman–Crippen MR) is 86.4 cm³/mol. The van der Waals surface area contributed by atoms with Crippen LogP contribution in [0.4, 0.5) is 5.82 Å². The van der Waals surface area contributed by atoms with Crippen LogP contribution >= 0.6 is 0 Å². The number of rotatable bonds is 6. The van der Waals surface area contributed by atoms with Gasteiger partial charge < -0.3 is 10.4 Å². The van der Waals surface area contributed by atoms with Gasteiger partial charge in [0.15, 0.2) is 0 Å². The van der Waals surface area contributed by atoms with E-state index >= 15 is 0 Å². The molecule has 5 heteroatoms. The van der Waals surface area contributed by atoms with Gasteiger partial charge in [0.05, 0.1) is 5.60 Å². The van der Waals surface area contributed by atoms with E-state index in [1.165, 1.54) is 5.56 Å². The summed E-state index contributed by atoms with van der Waals surface area (Å²) in [5, 5.41) is 13.1. The number of β-amino-alcohol motifs (C(OH)–C–C–N with tert-alkyl or cyclic N) is 1. The van der Waals surface area contributed by atoms with Crippen molar-refractivity contribution in [1.82, 2.24) is 14.8 Å². The maximum absolute atomic E-state index is 9.88. The SMILES string of the molecule is CCNc1cc(CN2CCN(CC(C)(C)O)CC2)ccn1. The topological polar surface area (TPSA) is 51.6 Å². The van der Waals surface area contributed by atoms with Crippen LogP contribution in [-0.2, 0) is 6.54 Å². The molecule has 0 unspecified atom stereocenters. The zero-order valence-electron chi connectivity index (χ0n) is 13.5. The van der Waals surface area contributed by atoms with Crippen molar-refractivity contribution >= 4 is 5.82 Å². The Labute approximate surface area is 128 Å². The Morgan fingerprint density at radius 3 is 2.52 bits per heavy atom. The van der Waals surface area contributed by atoms with E-state index < -0.39 is 5.60 Å². The van der Waals surface area contributed by atoms with Gasteiger partial charge in [0, 0.05) is 52.0 Å². The van der Waals surface area contributed by atoms with Crippen molar-refractivity contribution in [2.24, 2.45) is 0 Å². The first-order chi connectivity index (χ1) is 9.96. The lowest BCUT2D eigenvalue weighted by molar-refractivity contribution is 0.0167. The molecule has 1 aliphatic heterocycles.